The van der Waals surface area contributed by atoms with Crippen molar-refractivity contribution in [1.82, 2.24) is 10.3 Å². The van der Waals surface area contributed by atoms with Gasteiger partial charge in [-0.05, 0) is 37.5 Å². The summed E-state index contributed by atoms with van der Waals surface area (Å²) < 4.78 is 24.8. The molecule has 1 aromatic heterocycles. The molecular formula is C24H27N3O4S2. The number of thiazole rings is 1. The molecule has 2 amide bonds. The third kappa shape index (κ3) is 7.50. The van der Waals surface area contributed by atoms with Crippen molar-refractivity contribution < 1.29 is 18.0 Å². The van der Waals surface area contributed by atoms with Crippen molar-refractivity contribution in [3.05, 3.63) is 65.0 Å². The van der Waals surface area contributed by atoms with E-state index < -0.39 is 9.84 Å². The number of nitrogens with one attached hydrogen (secondary N) is 2. The van der Waals surface area contributed by atoms with Gasteiger partial charge in [-0.3, -0.25) is 9.59 Å². The number of hydrogen-bond donors (Lipinski definition) is 2. The third-order valence-corrected chi connectivity index (χ3v) is 7.48. The number of rotatable bonds is 10. The number of hydrogen-bond acceptors (Lipinski definition) is 6. The monoisotopic (exact) mass is 485 g/mol. The number of amides is 2. The van der Waals surface area contributed by atoms with Crippen molar-refractivity contribution in [2.45, 2.75) is 38.0 Å². The van der Waals surface area contributed by atoms with Gasteiger partial charge in [0.2, 0.25) is 11.8 Å². The molecule has 3 rings (SSSR count). The van der Waals surface area contributed by atoms with E-state index in [0.717, 1.165) is 29.7 Å². The summed E-state index contributed by atoms with van der Waals surface area (Å²) in [6.07, 6.45) is 1.59. The second kappa shape index (κ2) is 11.2. The number of aryl methyl sites for hydroxylation is 2. The molecule has 2 N–H and O–H groups in total. The fourth-order valence-corrected chi connectivity index (χ4v) is 5.11. The predicted octanol–water partition coefficient (Wildman–Crippen LogP) is 3.99. The van der Waals surface area contributed by atoms with E-state index in [0.29, 0.717) is 11.7 Å². The highest BCUT2D eigenvalue weighted by molar-refractivity contribution is 7.91. The Morgan fingerprint density at radius 3 is 2.39 bits per heavy atom. The van der Waals surface area contributed by atoms with E-state index in [1.165, 1.54) is 23.8 Å². The van der Waals surface area contributed by atoms with E-state index in [1.807, 2.05) is 36.6 Å². The highest BCUT2D eigenvalue weighted by Crippen LogP contribution is 2.25. The fraction of sp³-hybridized carbons (Fsp3) is 0.292. The second-order valence-corrected chi connectivity index (χ2v) is 10.7. The van der Waals surface area contributed by atoms with E-state index in [-0.39, 0.29) is 28.9 Å². The summed E-state index contributed by atoms with van der Waals surface area (Å²) in [7, 11) is -3.52. The summed E-state index contributed by atoms with van der Waals surface area (Å²) in [6.45, 7) is 4.04. The highest BCUT2D eigenvalue weighted by Gasteiger charge is 2.17. The van der Waals surface area contributed by atoms with Crippen LogP contribution in [0.2, 0.25) is 0 Å². The first-order valence-electron chi connectivity index (χ1n) is 10.6. The van der Waals surface area contributed by atoms with Crippen molar-refractivity contribution in [2.75, 3.05) is 17.6 Å². The first-order chi connectivity index (χ1) is 15.7. The average molecular weight is 486 g/mol. The predicted molar refractivity (Wildman–Crippen MR) is 131 cm³/mol. The van der Waals surface area contributed by atoms with Crippen LogP contribution in [0.4, 0.5) is 5.13 Å². The zero-order valence-electron chi connectivity index (χ0n) is 18.6. The van der Waals surface area contributed by atoms with Crippen LogP contribution in [-0.4, -0.2) is 37.5 Å². The van der Waals surface area contributed by atoms with Crippen LogP contribution in [0.5, 0.6) is 0 Å². The van der Waals surface area contributed by atoms with Crippen molar-refractivity contribution in [3.8, 4) is 11.3 Å². The number of aromatic nitrogens is 1. The molecule has 9 heteroatoms. The van der Waals surface area contributed by atoms with E-state index >= 15 is 0 Å². The lowest BCUT2D eigenvalue weighted by molar-refractivity contribution is -0.119. The Morgan fingerprint density at radius 2 is 1.73 bits per heavy atom. The molecule has 33 heavy (non-hydrogen) atoms. The Balaban J connectivity index is 1.51. The van der Waals surface area contributed by atoms with Gasteiger partial charge >= 0.3 is 0 Å². The third-order valence-electron chi connectivity index (χ3n) is 4.99. The molecule has 0 radical (unpaired) electrons. The van der Waals surface area contributed by atoms with Crippen molar-refractivity contribution in [3.63, 3.8) is 0 Å². The summed E-state index contributed by atoms with van der Waals surface area (Å²) in [5.74, 6) is -0.672. The van der Waals surface area contributed by atoms with Gasteiger partial charge in [0, 0.05) is 30.8 Å². The van der Waals surface area contributed by atoms with E-state index in [9.17, 15) is 18.0 Å². The molecule has 7 nitrogen and oxygen atoms in total. The van der Waals surface area contributed by atoms with E-state index in [2.05, 4.69) is 15.6 Å². The number of anilines is 1. The minimum absolute atomic E-state index is 0.0235. The Bertz CT molecular complexity index is 1200. The molecule has 0 aliphatic rings. The molecule has 0 atom stereocenters. The topological polar surface area (TPSA) is 105 Å². The number of carbonyl (C=O) groups is 2. The second-order valence-electron chi connectivity index (χ2n) is 7.75. The van der Waals surface area contributed by atoms with Gasteiger partial charge in [0.05, 0.1) is 16.3 Å². The van der Waals surface area contributed by atoms with Crippen LogP contribution in [0.1, 0.15) is 30.9 Å². The maximum Gasteiger partial charge on any atom is 0.227 e. The summed E-state index contributed by atoms with van der Waals surface area (Å²) in [5.41, 5.74) is 3.82. The number of benzene rings is 2. The molecule has 1 heterocycles. The minimum atomic E-state index is -3.52. The first-order valence-corrected chi connectivity index (χ1v) is 13.1. The van der Waals surface area contributed by atoms with Gasteiger partial charge in [0.1, 0.15) is 0 Å². The van der Waals surface area contributed by atoms with Crippen LogP contribution in [-0.2, 0) is 25.8 Å². The molecular weight excluding hydrogens is 458 g/mol. The smallest absolute Gasteiger partial charge is 0.227 e. The Hall–Kier alpha value is -3.04. The molecule has 0 saturated carbocycles. The molecule has 0 saturated heterocycles. The van der Waals surface area contributed by atoms with Gasteiger partial charge in [-0.15, -0.1) is 11.3 Å². The molecule has 0 aliphatic heterocycles. The van der Waals surface area contributed by atoms with Crippen LogP contribution in [0.15, 0.2) is 58.8 Å². The maximum absolute atomic E-state index is 12.4. The molecule has 2 aromatic carbocycles. The molecule has 0 spiro atoms. The van der Waals surface area contributed by atoms with Crippen molar-refractivity contribution >= 4 is 38.1 Å². The zero-order valence-corrected chi connectivity index (χ0v) is 20.3. The molecule has 0 bridgehead atoms. The Labute approximate surface area is 198 Å². The molecule has 3 aromatic rings. The van der Waals surface area contributed by atoms with Gasteiger partial charge in [-0.25, -0.2) is 13.4 Å². The van der Waals surface area contributed by atoms with Gasteiger partial charge < -0.3 is 10.6 Å². The molecule has 0 aliphatic carbocycles. The molecule has 0 unspecified atom stereocenters. The first kappa shape index (κ1) is 24.6. The SMILES string of the molecule is CC(=O)NCCCc1ccc(-c2csc(NC(=O)CCS(=O)(=O)c3ccc(C)cc3)n2)cc1. The zero-order chi connectivity index (χ0) is 23.8. The van der Waals surface area contributed by atoms with Gasteiger partial charge in [-0.2, -0.15) is 0 Å². The number of sulfone groups is 1. The van der Waals surface area contributed by atoms with Crippen LogP contribution in [0, 0.1) is 6.92 Å². The lowest BCUT2D eigenvalue weighted by Crippen LogP contribution is -2.21. The summed E-state index contributed by atoms with van der Waals surface area (Å²) >= 11 is 1.30. The lowest BCUT2D eigenvalue weighted by Gasteiger charge is -2.05. The Kier molecular flexibility index (Phi) is 8.35. The number of nitrogens with zero attached hydrogens (tertiary/aromatic N) is 1. The Morgan fingerprint density at radius 1 is 1.03 bits per heavy atom. The van der Waals surface area contributed by atoms with E-state index in [4.69, 9.17) is 0 Å². The largest absolute Gasteiger partial charge is 0.356 e. The summed E-state index contributed by atoms with van der Waals surface area (Å²) in [4.78, 5) is 27.8. The van der Waals surface area contributed by atoms with Crippen molar-refractivity contribution in [2.24, 2.45) is 0 Å². The number of carbonyl (C=O) groups excluding carboxylic acids is 2. The van der Waals surface area contributed by atoms with Crippen LogP contribution in [0.3, 0.4) is 0 Å². The van der Waals surface area contributed by atoms with Crippen LogP contribution in [0.25, 0.3) is 11.3 Å². The van der Waals surface area contributed by atoms with Gasteiger partial charge in [-0.1, -0.05) is 42.0 Å². The van der Waals surface area contributed by atoms with Crippen molar-refractivity contribution in [1.29, 1.82) is 0 Å². The summed E-state index contributed by atoms with van der Waals surface area (Å²) in [6, 6.07) is 14.6. The molecule has 0 fully saturated rings. The summed E-state index contributed by atoms with van der Waals surface area (Å²) in [5, 5.41) is 7.76. The average Bonchev–Trinajstić information content (AvgIpc) is 3.24. The maximum atomic E-state index is 12.4. The highest BCUT2D eigenvalue weighted by atomic mass is 32.2. The van der Waals surface area contributed by atoms with E-state index in [1.54, 1.807) is 24.3 Å². The normalized spacial score (nSPS) is 11.2. The quantitative estimate of drug-likeness (QED) is 0.423. The standard InChI is InChI=1S/C24H27N3O4S2/c1-17-5-11-21(12-6-17)33(30,31)15-13-23(29)27-24-26-22(16-32-24)20-9-7-19(8-10-20)4-3-14-25-18(2)28/h5-12,16H,3-4,13-15H2,1-2H3,(H,25,28)(H,26,27,29). The fourth-order valence-electron chi connectivity index (χ4n) is 3.14. The molecule has 174 valence electrons. The van der Waals surface area contributed by atoms with Crippen LogP contribution < -0.4 is 10.6 Å². The van der Waals surface area contributed by atoms with Gasteiger partial charge in [0.15, 0.2) is 15.0 Å². The lowest BCUT2D eigenvalue weighted by atomic mass is 10.1. The van der Waals surface area contributed by atoms with Gasteiger partial charge in [0.25, 0.3) is 0 Å². The van der Waals surface area contributed by atoms with Crippen LogP contribution >= 0.6 is 11.3 Å². The minimum Gasteiger partial charge on any atom is -0.356 e.